The van der Waals surface area contributed by atoms with Crippen LogP contribution in [0.4, 0.5) is 11.4 Å². The Morgan fingerprint density at radius 1 is 1.38 bits per heavy atom. The molecule has 0 spiro atoms. The summed E-state index contributed by atoms with van der Waals surface area (Å²) in [7, 11) is 0. The van der Waals surface area contributed by atoms with Crippen molar-refractivity contribution in [2.75, 3.05) is 18.1 Å². The van der Waals surface area contributed by atoms with E-state index < -0.39 is 10.9 Å². The Kier molecular flexibility index (Phi) is 6.10. The first-order valence-corrected chi connectivity index (χ1v) is 6.86. The van der Waals surface area contributed by atoms with E-state index in [1.165, 1.54) is 18.2 Å². The maximum atomic E-state index is 11.4. The predicted octanol–water partition coefficient (Wildman–Crippen LogP) is 2.28. The summed E-state index contributed by atoms with van der Waals surface area (Å²) in [5.74, 6) is -1.22. The van der Waals surface area contributed by atoms with E-state index in [1.54, 1.807) is 4.90 Å². The molecule has 7 heteroatoms. The number of nitro benzene ring substituents is 1. The fourth-order valence-corrected chi connectivity index (χ4v) is 2.47. The number of aliphatic hydroxyl groups excluding tert-OH is 1. The third-order valence-corrected chi connectivity index (χ3v) is 3.45. The monoisotopic (exact) mass is 296 g/mol. The lowest BCUT2D eigenvalue weighted by Gasteiger charge is -2.32. The maximum absolute atomic E-state index is 11.4. The lowest BCUT2D eigenvalue weighted by atomic mass is 10.0. The van der Waals surface area contributed by atoms with Crippen molar-refractivity contribution in [1.29, 1.82) is 0 Å². The Hall–Kier alpha value is -2.15. The summed E-state index contributed by atoms with van der Waals surface area (Å²) in [6.45, 7) is 3.79. The molecular formula is C14H20N2O5. The lowest BCUT2D eigenvalue weighted by molar-refractivity contribution is -0.384. The number of nitro groups is 1. The van der Waals surface area contributed by atoms with Crippen molar-refractivity contribution in [3.05, 3.63) is 33.9 Å². The van der Waals surface area contributed by atoms with Gasteiger partial charge in [-0.05, 0) is 18.9 Å². The number of rotatable bonds is 8. The van der Waals surface area contributed by atoms with Crippen LogP contribution < -0.4 is 4.90 Å². The molecule has 116 valence electrons. The van der Waals surface area contributed by atoms with Crippen LogP contribution in [0.2, 0.25) is 0 Å². The Morgan fingerprint density at radius 2 is 2.00 bits per heavy atom. The molecule has 0 heterocycles. The van der Waals surface area contributed by atoms with Crippen LogP contribution in [0.3, 0.4) is 0 Å². The van der Waals surface area contributed by atoms with Gasteiger partial charge in [-0.2, -0.15) is 0 Å². The summed E-state index contributed by atoms with van der Waals surface area (Å²) in [5, 5.41) is 29.8. The van der Waals surface area contributed by atoms with Crippen molar-refractivity contribution in [3.8, 4) is 0 Å². The number of para-hydroxylation sites is 1. The molecular weight excluding hydrogens is 276 g/mol. The first kappa shape index (κ1) is 16.9. The first-order valence-electron chi connectivity index (χ1n) is 6.86. The second-order valence-corrected chi connectivity index (χ2v) is 4.62. The molecule has 0 bridgehead atoms. The minimum atomic E-state index is -1.22. The molecule has 0 aromatic heterocycles. The minimum Gasteiger partial charge on any atom is -0.478 e. The number of aliphatic hydroxyl groups is 1. The molecule has 0 aliphatic carbocycles. The molecule has 0 atom stereocenters. The average Bonchev–Trinajstić information content (AvgIpc) is 2.46. The van der Waals surface area contributed by atoms with E-state index in [-0.39, 0.29) is 36.1 Å². The van der Waals surface area contributed by atoms with Gasteiger partial charge in [0.1, 0.15) is 5.69 Å². The molecule has 1 rings (SSSR count). The van der Waals surface area contributed by atoms with Gasteiger partial charge >= 0.3 is 5.97 Å². The Bertz CT molecular complexity index is 482. The number of anilines is 1. The third-order valence-electron chi connectivity index (χ3n) is 3.45. The maximum Gasteiger partial charge on any atom is 0.338 e. The molecule has 2 N–H and O–H groups in total. The van der Waals surface area contributed by atoms with Gasteiger partial charge in [0.15, 0.2) is 0 Å². The van der Waals surface area contributed by atoms with Gasteiger partial charge in [-0.1, -0.05) is 19.9 Å². The minimum absolute atomic E-state index is 0.0674. The van der Waals surface area contributed by atoms with Crippen LogP contribution in [0.15, 0.2) is 18.2 Å². The van der Waals surface area contributed by atoms with E-state index in [0.29, 0.717) is 12.8 Å². The van der Waals surface area contributed by atoms with E-state index in [0.717, 1.165) is 0 Å². The molecule has 0 radical (unpaired) electrons. The van der Waals surface area contributed by atoms with Gasteiger partial charge < -0.3 is 15.1 Å². The number of hydrogen-bond acceptors (Lipinski definition) is 5. The fourth-order valence-electron chi connectivity index (χ4n) is 2.47. The van der Waals surface area contributed by atoms with Crippen LogP contribution in [0.25, 0.3) is 0 Å². The highest BCUT2D eigenvalue weighted by atomic mass is 16.6. The highest BCUT2D eigenvalue weighted by Crippen LogP contribution is 2.34. The summed E-state index contributed by atoms with van der Waals surface area (Å²) in [6.07, 6.45) is 1.39. The molecule has 0 amide bonds. The van der Waals surface area contributed by atoms with Crippen LogP contribution in [-0.2, 0) is 0 Å². The lowest BCUT2D eigenvalue weighted by Crippen LogP contribution is -2.38. The molecule has 0 aliphatic heterocycles. The number of hydrogen-bond donors (Lipinski definition) is 2. The first-order chi connectivity index (χ1) is 9.97. The molecule has 0 saturated heterocycles. The van der Waals surface area contributed by atoms with Crippen LogP contribution in [0.1, 0.15) is 37.0 Å². The summed E-state index contributed by atoms with van der Waals surface area (Å²) < 4.78 is 0. The number of nitrogens with zero attached hydrogens (tertiary/aromatic N) is 2. The topological polar surface area (TPSA) is 104 Å². The largest absolute Gasteiger partial charge is 0.478 e. The third kappa shape index (κ3) is 3.69. The van der Waals surface area contributed by atoms with Crippen LogP contribution in [0, 0.1) is 10.1 Å². The van der Waals surface area contributed by atoms with Gasteiger partial charge in [0.05, 0.1) is 17.1 Å². The number of carboxylic acid groups (broad SMARTS) is 1. The van der Waals surface area contributed by atoms with E-state index in [2.05, 4.69) is 0 Å². The second-order valence-electron chi connectivity index (χ2n) is 4.62. The number of aromatic carboxylic acids is 1. The Labute approximate surface area is 123 Å². The van der Waals surface area contributed by atoms with E-state index in [1.807, 2.05) is 13.8 Å². The molecule has 0 saturated carbocycles. The Balaban J connectivity index is 3.52. The van der Waals surface area contributed by atoms with Crippen LogP contribution in [-0.4, -0.2) is 40.3 Å². The summed E-state index contributed by atoms with van der Waals surface area (Å²) in [4.78, 5) is 23.7. The average molecular weight is 296 g/mol. The second kappa shape index (κ2) is 7.58. The molecule has 0 fully saturated rings. The summed E-state index contributed by atoms with van der Waals surface area (Å²) in [5.41, 5.74) is -0.308. The highest BCUT2D eigenvalue weighted by molar-refractivity contribution is 5.97. The highest BCUT2D eigenvalue weighted by Gasteiger charge is 2.29. The quantitative estimate of drug-likeness (QED) is 0.563. The molecule has 7 nitrogen and oxygen atoms in total. The van der Waals surface area contributed by atoms with Gasteiger partial charge in [0, 0.05) is 18.7 Å². The van der Waals surface area contributed by atoms with Crippen molar-refractivity contribution >= 4 is 17.3 Å². The summed E-state index contributed by atoms with van der Waals surface area (Å²) in [6, 6.07) is 3.91. The Morgan fingerprint density at radius 3 is 2.43 bits per heavy atom. The number of benzene rings is 1. The zero-order valence-corrected chi connectivity index (χ0v) is 12.2. The molecule has 21 heavy (non-hydrogen) atoms. The zero-order valence-electron chi connectivity index (χ0n) is 12.2. The zero-order chi connectivity index (χ0) is 16.0. The van der Waals surface area contributed by atoms with Crippen molar-refractivity contribution in [1.82, 2.24) is 0 Å². The smallest absolute Gasteiger partial charge is 0.338 e. The predicted molar refractivity (Wildman–Crippen MR) is 78.9 cm³/mol. The number of carboxylic acids is 1. The SMILES string of the molecule is CCC(CC)N(CCO)c1c(C(=O)O)cccc1[N+](=O)[O-]. The van der Waals surface area contributed by atoms with Crippen molar-refractivity contribution < 1.29 is 19.9 Å². The van der Waals surface area contributed by atoms with E-state index >= 15 is 0 Å². The summed E-state index contributed by atoms with van der Waals surface area (Å²) >= 11 is 0. The molecule has 0 aliphatic rings. The van der Waals surface area contributed by atoms with E-state index in [9.17, 15) is 25.1 Å². The fraction of sp³-hybridized carbons (Fsp3) is 0.500. The van der Waals surface area contributed by atoms with Crippen LogP contribution in [0.5, 0.6) is 0 Å². The van der Waals surface area contributed by atoms with Gasteiger partial charge in [0.2, 0.25) is 0 Å². The van der Waals surface area contributed by atoms with Crippen molar-refractivity contribution in [2.45, 2.75) is 32.7 Å². The molecule has 1 aromatic rings. The van der Waals surface area contributed by atoms with Gasteiger partial charge in [0.25, 0.3) is 5.69 Å². The van der Waals surface area contributed by atoms with Crippen LogP contribution >= 0.6 is 0 Å². The molecule has 0 unspecified atom stereocenters. The molecule has 1 aromatic carbocycles. The van der Waals surface area contributed by atoms with Gasteiger partial charge in [-0.15, -0.1) is 0 Å². The standard InChI is InChI=1S/C14H20N2O5/c1-3-10(4-2)15(8-9-17)13-11(14(18)19)6-5-7-12(13)16(20)21/h5-7,10,17H,3-4,8-9H2,1-2H3,(H,18,19). The normalized spacial score (nSPS) is 10.7. The van der Waals surface area contributed by atoms with Gasteiger partial charge in [-0.25, -0.2) is 4.79 Å². The van der Waals surface area contributed by atoms with Gasteiger partial charge in [-0.3, -0.25) is 10.1 Å². The van der Waals surface area contributed by atoms with Crippen molar-refractivity contribution in [3.63, 3.8) is 0 Å². The number of carbonyl (C=O) groups is 1. The van der Waals surface area contributed by atoms with Crippen molar-refractivity contribution in [2.24, 2.45) is 0 Å². The van der Waals surface area contributed by atoms with E-state index in [4.69, 9.17) is 0 Å².